The van der Waals surface area contributed by atoms with Crippen LogP contribution in [0.25, 0.3) is 0 Å². The van der Waals surface area contributed by atoms with Crippen LogP contribution in [0.1, 0.15) is 0 Å². The van der Waals surface area contributed by atoms with Gasteiger partial charge in [-0.25, -0.2) is 10.5 Å². The number of nitrogens with one attached hydrogen (secondary N) is 1. The summed E-state index contributed by atoms with van der Waals surface area (Å²) in [6.45, 7) is 0. The average molecular weight is 152 g/mol. The third-order valence-corrected chi connectivity index (χ3v) is 1.07. The fourth-order valence-corrected chi connectivity index (χ4v) is 0.643. The number of phenols is 1. The normalized spacial score (nSPS) is 9.09. The van der Waals surface area contributed by atoms with Crippen LogP contribution in [-0.4, -0.2) is 11.2 Å². The maximum Gasteiger partial charge on any atom is 0.431 e. The van der Waals surface area contributed by atoms with Crippen molar-refractivity contribution in [2.24, 2.45) is 0 Å². The second-order valence-electron chi connectivity index (χ2n) is 1.86. The van der Waals surface area contributed by atoms with Crippen LogP contribution in [0.5, 0.6) is 11.5 Å². The number of para-hydroxylation sites is 2. The van der Waals surface area contributed by atoms with Gasteiger partial charge in [0.15, 0.2) is 11.5 Å². The lowest BCUT2D eigenvalue weighted by atomic mass is 10.3. The maximum absolute atomic E-state index is 10.1. The Labute approximate surface area is 63.2 Å². The summed E-state index contributed by atoms with van der Waals surface area (Å²) in [4.78, 5) is 10.1. The summed E-state index contributed by atoms with van der Waals surface area (Å²) in [5.74, 6) is -0.138. The molecule has 0 bridgehead atoms. The van der Waals surface area contributed by atoms with Crippen LogP contribution in [0, 0.1) is 0 Å². The number of rotatable bonds is 1. The van der Waals surface area contributed by atoms with Gasteiger partial charge < -0.3 is 9.84 Å². The van der Waals surface area contributed by atoms with E-state index in [1.54, 1.807) is 12.1 Å². The molecular formula is C7H6NO3. The molecule has 1 radical (unpaired) electrons. The van der Waals surface area contributed by atoms with Crippen LogP contribution in [0.2, 0.25) is 0 Å². The lowest BCUT2D eigenvalue weighted by molar-refractivity contribution is 0.207. The van der Waals surface area contributed by atoms with Crippen molar-refractivity contribution >= 4 is 6.09 Å². The van der Waals surface area contributed by atoms with Crippen molar-refractivity contribution in [3.8, 4) is 11.5 Å². The molecule has 1 amide bonds. The van der Waals surface area contributed by atoms with Crippen molar-refractivity contribution in [1.82, 2.24) is 5.73 Å². The lowest BCUT2D eigenvalue weighted by Crippen LogP contribution is -2.05. The molecule has 2 N–H and O–H groups in total. The van der Waals surface area contributed by atoms with Crippen molar-refractivity contribution in [2.75, 3.05) is 0 Å². The molecule has 0 spiro atoms. The fraction of sp³-hybridized carbons (Fsp3) is 0. The summed E-state index contributed by atoms with van der Waals surface area (Å²) >= 11 is 0. The van der Waals surface area contributed by atoms with Gasteiger partial charge in [-0.2, -0.15) is 0 Å². The monoisotopic (exact) mass is 152 g/mol. The van der Waals surface area contributed by atoms with E-state index in [0.717, 1.165) is 0 Å². The average Bonchev–Trinajstić information content (AvgIpc) is 1.93. The summed E-state index contributed by atoms with van der Waals surface area (Å²) in [5.41, 5.74) is 6.44. The molecule has 1 aromatic rings. The topological polar surface area (TPSA) is 70.3 Å². The van der Waals surface area contributed by atoms with Gasteiger partial charge in [0.25, 0.3) is 0 Å². The molecule has 0 aliphatic carbocycles. The summed E-state index contributed by atoms with van der Waals surface area (Å²) in [6.07, 6.45) is -1.19. The Morgan fingerprint density at radius 1 is 1.45 bits per heavy atom. The van der Waals surface area contributed by atoms with Crippen LogP contribution in [-0.2, 0) is 0 Å². The summed E-state index contributed by atoms with van der Waals surface area (Å²) in [7, 11) is 0. The zero-order valence-corrected chi connectivity index (χ0v) is 5.57. The number of phenolic OH excluding ortho intramolecular Hbond substituents is 1. The second-order valence-corrected chi connectivity index (χ2v) is 1.86. The van der Waals surface area contributed by atoms with Crippen molar-refractivity contribution in [2.45, 2.75) is 0 Å². The van der Waals surface area contributed by atoms with E-state index in [2.05, 4.69) is 4.74 Å². The number of carbonyl (C=O) groups excluding carboxylic acids is 1. The smallest absolute Gasteiger partial charge is 0.431 e. The van der Waals surface area contributed by atoms with E-state index in [-0.39, 0.29) is 11.5 Å². The minimum atomic E-state index is -1.19. The Hall–Kier alpha value is -1.71. The fourth-order valence-electron chi connectivity index (χ4n) is 0.643. The molecule has 0 unspecified atom stereocenters. The minimum Gasteiger partial charge on any atom is -0.504 e. The Balaban J connectivity index is 2.86. The van der Waals surface area contributed by atoms with Gasteiger partial charge in [0.2, 0.25) is 0 Å². The minimum absolute atomic E-state index is 0.00694. The molecule has 0 heterocycles. The highest BCUT2D eigenvalue weighted by Crippen LogP contribution is 2.23. The zero-order valence-electron chi connectivity index (χ0n) is 5.57. The highest BCUT2D eigenvalue weighted by atomic mass is 16.6. The van der Waals surface area contributed by atoms with E-state index in [0.29, 0.717) is 0 Å². The molecule has 0 aliphatic heterocycles. The van der Waals surface area contributed by atoms with Crippen molar-refractivity contribution in [1.29, 1.82) is 0 Å². The van der Waals surface area contributed by atoms with Crippen molar-refractivity contribution in [3.05, 3.63) is 24.3 Å². The highest BCUT2D eigenvalue weighted by molar-refractivity contribution is 5.68. The Kier molecular flexibility index (Phi) is 1.96. The number of hydrogen-bond donors (Lipinski definition) is 1. The third kappa shape index (κ3) is 1.86. The maximum atomic E-state index is 10.1. The largest absolute Gasteiger partial charge is 0.504 e. The molecule has 57 valence electrons. The van der Waals surface area contributed by atoms with Gasteiger partial charge in [0, 0.05) is 0 Å². The third-order valence-electron chi connectivity index (χ3n) is 1.07. The number of benzene rings is 1. The number of aromatic hydroxyl groups is 1. The molecule has 0 saturated carbocycles. The number of ether oxygens (including phenoxy) is 1. The van der Waals surface area contributed by atoms with E-state index in [1.807, 2.05) is 0 Å². The molecule has 1 aromatic carbocycles. The van der Waals surface area contributed by atoms with E-state index in [4.69, 9.17) is 10.8 Å². The lowest BCUT2D eigenvalue weighted by Gasteiger charge is -2.00. The van der Waals surface area contributed by atoms with E-state index in [1.165, 1.54) is 12.1 Å². The number of hydrogen-bond acceptors (Lipinski definition) is 3. The first kappa shape index (κ1) is 7.40. The van der Waals surface area contributed by atoms with E-state index >= 15 is 0 Å². The standard InChI is InChI=1S/C7H6NO3/c8-7(10)11-6-4-2-1-3-5(6)9/h1-4,8-9H. The molecule has 0 saturated heterocycles. The molecule has 0 fully saturated rings. The van der Waals surface area contributed by atoms with Gasteiger partial charge in [0.05, 0.1) is 0 Å². The number of amides is 1. The molecule has 4 heteroatoms. The van der Waals surface area contributed by atoms with Crippen LogP contribution in [0.3, 0.4) is 0 Å². The van der Waals surface area contributed by atoms with Crippen LogP contribution in [0.15, 0.2) is 24.3 Å². The first-order valence-electron chi connectivity index (χ1n) is 2.91. The molecule has 4 nitrogen and oxygen atoms in total. The number of carbonyl (C=O) groups is 1. The molecule has 0 aromatic heterocycles. The van der Waals surface area contributed by atoms with Gasteiger partial charge in [-0.05, 0) is 12.1 Å². The first-order valence-corrected chi connectivity index (χ1v) is 2.91. The van der Waals surface area contributed by atoms with E-state index in [9.17, 15) is 4.79 Å². The first-order chi connectivity index (χ1) is 5.20. The summed E-state index contributed by atoms with van der Waals surface area (Å²) in [6, 6.07) is 5.97. The molecular weight excluding hydrogens is 146 g/mol. The van der Waals surface area contributed by atoms with Gasteiger partial charge >= 0.3 is 6.09 Å². The highest BCUT2D eigenvalue weighted by Gasteiger charge is 2.02. The molecule has 1 rings (SSSR count). The van der Waals surface area contributed by atoms with Crippen molar-refractivity contribution in [3.63, 3.8) is 0 Å². The van der Waals surface area contributed by atoms with Crippen LogP contribution < -0.4 is 10.5 Å². The van der Waals surface area contributed by atoms with E-state index < -0.39 is 6.09 Å². The summed E-state index contributed by atoms with van der Waals surface area (Å²) < 4.78 is 4.32. The van der Waals surface area contributed by atoms with Gasteiger partial charge in [-0.15, -0.1) is 0 Å². The summed E-state index contributed by atoms with van der Waals surface area (Å²) in [5, 5.41) is 9.00. The Bertz CT molecular complexity index is 272. The molecule has 11 heavy (non-hydrogen) atoms. The Morgan fingerprint density at radius 3 is 2.64 bits per heavy atom. The molecule has 0 aliphatic rings. The van der Waals surface area contributed by atoms with Crippen molar-refractivity contribution < 1.29 is 14.6 Å². The van der Waals surface area contributed by atoms with Crippen LogP contribution >= 0.6 is 0 Å². The predicted molar refractivity (Wildman–Crippen MR) is 37.2 cm³/mol. The SMILES string of the molecule is [NH]C(=O)Oc1ccccc1O. The predicted octanol–water partition coefficient (Wildman–Crippen LogP) is 1.17. The van der Waals surface area contributed by atoms with Gasteiger partial charge in [-0.1, -0.05) is 12.1 Å². The van der Waals surface area contributed by atoms with Crippen LogP contribution in [0.4, 0.5) is 4.79 Å². The van der Waals surface area contributed by atoms with Gasteiger partial charge in [-0.3, -0.25) is 0 Å². The van der Waals surface area contributed by atoms with Gasteiger partial charge in [0.1, 0.15) is 0 Å². The molecule has 0 atom stereocenters. The Morgan fingerprint density at radius 2 is 2.09 bits per heavy atom. The zero-order chi connectivity index (χ0) is 8.27. The second kappa shape index (κ2) is 2.92. The quantitative estimate of drug-likeness (QED) is 0.656.